The van der Waals surface area contributed by atoms with Crippen molar-refractivity contribution in [1.82, 2.24) is 10.3 Å². The first-order valence-corrected chi connectivity index (χ1v) is 5.84. The average molecular weight is 229 g/mol. The van der Waals surface area contributed by atoms with E-state index in [-0.39, 0.29) is 17.9 Å². The Hall–Kier alpha value is -0.650. The molecule has 1 atom stereocenters. The Morgan fingerprint density at radius 1 is 1.44 bits per heavy atom. The van der Waals surface area contributed by atoms with E-state index in [9.17, 15) is 9.90 Å². The highest BCUT2D eigenvalue weighted by molar-refractivity contribution is 5.81. The van der Waals surface area contributed by atoms with Gasteiger partial charge in [-0.1, -0.05) is 13.8 Å². The average Bonchev–Trinajstić information content (AvgIpc) is 2.20. The summed E-state index contributed by atoms with van der Waals surface area (Å²) >= 11 is 0. The minimum absolute atomic E-state index is 0.142. The van der Waals surface area contributed by atoms with Gasteiger partial charge in [-0.3, -0.25) is 15.1 Å². The molecule has 94 valence electrons. The molecule has 1 saturated heterocycles. The number of carbonyl (C=O) groups is 1. The smallest absolute Gasteiger partial charge is 0.251 e. The molecule has 0 saturated carbocycles. The fourth-order valence-corrected chi connectivity index (χ4v) is 2.26. The van der Waals surface area contributed by atoms with E-state index in [2.05, 4.69) is 10.3 Å². The number of hydrogen-bond acceptors (Lipinski definition) is 4. The molecule has 0 aliphatic carbocycles. The molecular weight excluding hydrogens is 206 g/mol. The lowest BCUT2D eigenvalue weighted by Crippen LogP contribution is -2.55. The standard InChI is InChI=1S/C11H23N3O2/c1-8(2)9(10(15)13-12)14-6-4-11(3,16)5-7-14/h8-9,16H,4-7,12H2,1-3H3,(H,13,15). The topological polar surface area (TPSA) is 78.6 Å². The molecule has 1 fully saturated rings. The third-order valence-electron chi connectivity index (χ3n) is 3.31. The van der Waals surface area contributed by atoms with Gasteiger partial charge in [0, 0.05) is 13.1 Å². The van der Waals surface area contributed by atoms with Crippen molar-refractivity contribution in [3.05, 3.63) is 0 Å². The van der Waals surface area contributed by atoms with Crippen molar-refractivity contribution in [2.45, 2.75) is 45.3 Å². The summed E-state index contributed by atoms with van der Waals surface area (Å²) in [7, 11) is 0. The first-order chi connectivity index (χ1) is 7.37. The number of nitrogens with two attached hydrogens (primary N) is 1. The highest BCUT2D eigenvalue weighted by Gasteiger charge is 2.34. The lowest BCUT2D eigenvalue weighted by molar-refractivity contribution is -0.130. The Bertz CT molecular complexity index is 244. The Labute approximate surface area is 97.0 Å². The van der Waals surface area contributed by atoms with E-state index in [1.807, 2.05) is 20.8 Å². The minimum Gasteiger partial charge on any atom is -0.390 e. The summed E-state index contributed by atoms with van der Waals surface area (Å²) in [6.45, 7) is 7.34. The molecule has 1 unspecified atom stereocenters. The second-order valence-electron chi connectivity index (χ2n) is 5.23. The Morgan fingerprint density at radius 3 is 2.31 bits per heavy atom. The van der Waals surface area contributed by atoms with Crippen molar-refractivity contribution < 1.29 is 9.90 Å². The van der Waals surface area contributed by atoms with E-state index in [0.29, 0.717) is 12.8 Å². The molecule has 0 spiro atoms. The predicted octanol–water partition coefficient (Wildman–Crippen LogP) is -0.152. The molecule has 0 radical (unpaired) electrons. The van der Waals surface area contributed by atoms with Crippen molar-refractivity contribution in [2.24, 2.45) is 11.8 Å². The maximum atomic E-state index is 11.7. The molecule has 5 nitrogen and oxygen atoms in total. The van der Waals surface area contributed by atoms with Crippen LogP contribution in [0, 0.1) is 5.92 Å². The van der Waals surface area contributed by atoms with E-state index in [1.54, 1.807) is 0 Å². The maximum absolute atomic E-state index is 11.7. The second-order valence-corrected chi connectivity index (χ2v) is 5.23. The lowest BCUT2D eigenvalue weighted by Gasteiger charge is -2.40. The Balaban J connectivity index is 2.64. The van der Waals surface area contributed by atoms with Gasteiger partial charge in [-0.2, -0.15) is 0 Å². The first-order valence-electron chi connectivity index (χ1n) is 5.84. The van der Waals surface area contributed by atoms with Crippen LogP contribution >= 0.6 is 0 Å². The van der Waals surface area contributed by atoms with E-state index in [4.69, 9.17) is 5.84 Å². The Morgan fingerprint density at radius 2 is 1.94 bits per heavy atom. The molecule has 1 aliphatic rings. The van der Waals surface area contributed by atoms with Crippen LogP contribution in [0.3, 0.4) is 0 Å². The number of nitrogens with one attached hydrogen (secondary N) is 1. The maximum Gasteiger partial charge on any atom is 0.251 e. The van der Waals surface area contributed by atoms with Gasteiger partial charge >= 0.3 is 0 Å². The molecule has 5 heteroatoms. The minimum atomic E-state index is -0.586. The van der Waals surface area contributed by atoms with Crippen LogP contribution in [0.15, 0.2) is 0 Å². The second kappa shape index (κ2) is 5.12. The van der Waals surface area contributed by atoms with Crippen LogP contribution in [0.4, 0.5) is 0 Å². The van der Waals surface area contributed by atoms with Gasteiger partial charge in [0.05, 0.1) is 11.6 Å². The highest BCUT2D eigenvalue weighted by Crippen LogP contribution is 2.24. The molecule has 1 rings (SSSR count). The number of piperidine rings is 1. The molecule has 4 N–H and O–H groups in total. The van der Waals surface area contributed by atoms with Gasteiger partial charge in [-0.05, 0) is 25.7 Å². The zero-order valence-electron chi connectivity index (χ0n) is 10.4. The Kier molecular flexibility index (Phi) is 4.29. The predicted molar refractivity (Wildman–Crippen MR) is 62.4 cm³/mol. The van der Waals surface area contributed by atoms with Gasteiger partial charge in [0.1, 0.15) is 0 Å². The summed E-state index contributed by atoms with van der Waals surface area (Å²) in [5.41, 5.74) is 1.64. The van der Waals surface area contributed by atoms with Gasteiger partial charge in [-0.15, -0.1) is 0 Å². The molecule has 16 heavy (non-hydrogen) atoms. The van der Waals surface area contributed by atoms with Crippen LogP contribution in [0.1, 0.15) is 33.6 Å². The SMILES string of the molecule is CC(C)C(C(=O)NN)N1CCC(C)(O)CC1. The summed E-state index contributed by atoms with van der Waals surface area (Å²) < 4.78 is 0. The zero-order valence-corrected chi connectivity index (χ0v) is 10.4. The van der Waals surface area contributed by atoms with Crippen LogP contribution in [-0.2, 0) is 4.79 Å². The summed E-state index contributed by atoms with van der Waals surface area (Å²) in [6, 6.07) is -0.193. The number of hydrazine groups is 1. The van der Waals surface area contributed by atoms with Crippen LogP contribution in [0.5, 0.6) is 0 Å². The van der Waals surface area contributed by atoms with Crippen molar-refractivity contribution in [2.75, 3.05) is 13.1 Å². The number of carbonyl (C=O) groups excluding carboxylic acids is 1. The van der Waals surface area contributed by atoms with E-state index in [0.717, 1.165) is 13.1 Å². The van der Waals surface area contributed by atoms with E-state index in [1.165, 1.54) is 0 Å². The molecule has 1 heterocycles. The fourth-order valence-electron chi connectivity index (χ4n) is 2.26. The van der Waals surface area contributed by atoms with Gasteiger partial charge in [0.2, 0.25) is 0 Å². The van der Waals surface area contributed by atoms with Gasteiger partial charge in [0.25, 0.3) is 5.91 Å². The van der Waals surface area contributed by atoms with Crippen molar-refractivity contribution in [1.29, 1.82) is 0 Å². The summed E-state index contributed by atoms with van der Waals surface area (Å²) in [5, 5.41) is 9.86. The van der Waals surface area contributed by atoms with Crippen molar-refractivity contribution >= 4 is 5.91 Å². The van der Waals surface area contributed by atoms with Gasteiger partial charge in [0.15, 0.2) is 0 Å². The molecule has 1 amide bonds. The normalized spacial score (nSPS) is 23.1. The van der Waals surface area contributed by atoms with Gasteiger partial charge in [-0.25, -0.2) is 5.84 Å². The lowest BCUT2D eigenvalue weighted by atomic mass is 9.91. The molecule has 0 aromatic heterocycles. The fraction of sp³-hybridized carbons (Fsp3) is 0.909. The third-order valence-corrected chi connectivity index (χ3v) is 3.31. The summed E-state index contributed by atoms with van der Waals surface area (Å²) in [4.78, 5) is 13.8. The molecule has 0 bridgehead atoms. The number of amides is 1. The monoisotopic (exact) mass is 229 g/mol. The van der Waals surface area contributed by atoms with Crippen LogP contribution in [0.25, 0.3) is 0 Å². The molecular formula is C11H23N3O2. The van der Waals surface area contributed by atoms with Gasteiger partial charge < -0.3 is 5.11 Å². The number of hydrogen-bond donors (Lipinski definition) is 3. The molecule has 0 aromatic carbocycles. The van der Waals surface area contributed by atoms with Crippen LogP contribution in [0.2, 0.25) is 0 Å². The quantitative estimate of drug-likeness (QED) is 0.357. The number of rotatable bonds is 3. The first kappa shape index (κ1) is 13.4. The number of nitrogens with zero attached hydrogens (tertiary/aromatic N) is 1. The highest BCUT2D eigenvalue weighted by atomic mass is 16.3. The van der Waals surface area contributed by atoms with Crippen molar-refractivity contribution in [3.8, 4) is 0 Å². The van der Waals surface area contributed by atoms with E-state index < -0.39 is 5.60 Å². The number of aliphatic hydroxyl groups is 1. The van der Waals surface area contributed by atoms with Crippen LogP contribution in [-0.4, -0.2) is 40.6 Å². The van der Waals surface area contributed by atoms with Crippen LogP contribution < -0.4 is 11.3 Å². The largest absolute Gasteiger partial charge is 0.390 e. The van der Waals surface area contributed by atoms with E-state index >= 15 is 0 Å². The van der Waals surface area contributed by atoms with Crippen molar-refractivity contribution in [3.63, 3.8) is 0 Å². The zero-order chi connectivity index (χ0) is 12.3. The summed E-state index contributed by atoms with van der Waals surface area (Å²) in [6.07, 6.45) is 1.40. The molecule has 1 aliphatic heterocycles. The summed E-state index contributed by atoms with van der Waals surface area (Å²) in [5.74, 6) is 5.27. The number of likely N-dealkylation sites (tertiary alicyclic amines) is 1. The molecule has 0 aromatic rings. The third kappa shape index (κ3) is 3.17.